The maximum Gasteiger partial charge on any atom is 0.136 e. The van der Waals surface area contributed by atoms with E-state index in [-0.39, 0.29) is 0 Å². The molecule has 7 rings (SSSR count). The van der Waals surface area contributed by atoms with Gasteiger partial charge in [0.05, 0.1) is 0 Å². The summed E-state index contributed by atoms with van der Waals surface area (Å²) in [6.45, 7) is 4.26. The van der Waals surface area contributed by atoms with E-state index in [0.29, 0.717) is 0 Å². The molecule has 5 aromatic rings. The molecular formula is C28H18O2. The number of hydrogen-bond acceptors (Lipinski definition) is 2. The molecule has 142 valence electrons. The van der Waals surface area contributed by atoms with Gasteiger partial charge in [-0.15, -0.1) is 0 Å². The molecule has 2 nitrogen and oxygen atoms in total. The van der Waals surface area contributed by atoms with E-state index in [1.54, 1.807) is 0 Å². The standard InChI is InChI=1S/C28H18O2/c1-15-7-9-21-19(13-15)25-17-5-3-4-6-18(17)26-20-14-16(2)8-10-22(20)30-24-12-11-23(29-21)27(25)28(24)26/h3-14H,1-2H3. The SMILES string of the molecule is Cc1ccc2c(c1)-c1c3ccccc3c3c4c(ccc(c14)O2)Oc1ccc(C)cc1-3. The highest BCUT2D eigenvalue weighted by Gasteiger charge is 2.30. The lowest BCUT2D eigenvalue weighted by Gasteiger charge is -2.29. The average molecular weight is 386 g/mol. The maximum atomic E-state index is 6.39. The summed E-state index contributed by atoms with van der Waals surface area (Å²) in [6, 6.07) is 25.7. The summed E-state index contributed by atoms with van der Waals surface area (Å²) in [5.74, 6) is 3.61. The molecule has 0 spiro atoms. The number of hydrogen-bond donors (Lipinski definition) is 0. The zero-order chi connectivity index (χ0) is 20.0. The summed E-state index contributed by atoms with van der Waals surface area (Å²) in [4.78, 5) is 0. The molecule has 0 aromatic heterocycles. The molecule has 2 aliphatic rings. The second-order valence-corrected chi connectivity index (χ2v) is 8.31. The molecule has 0 saturated carbocycles. The fraction of sp³-hybridized carbons (Fsp3) is 0.0714. The van der Waals surface area contributed by atoms with Crippen LogP contribution in [0.25, 0.3) is 43.8 Å². The molecular weight excluding hydrogens is 368 g/mol. The Labute approximate surface area is 174 Å². The first kappa shape index (κ1) is 16.1. The molecule has 2 heteroatoms. The van der Waals surface area contributed by atoms with Gasteiger partial charge in [-0.2, -0.15) is 0 Å². The lowest BCUT2D eigenvalue weighted by Crippen LogP contribution is -2.04. The molecule has 0 amide bonds. The predicted molar refractivity (Wildman–Crippen MR) is 122 cm³/mol. The zero-order valence-electron chi connectivity index (χ0n) is 16.7. The molecule has 2 aliphatic heterocycles. The van der Waals surface area contributed by atoms with Gasteiger partial charge in [-0.3, -0.25) is 0 Å². The third kappa shape index (κ3) is 1.93. The summed E-state index contributed by atoms with van der Waals surface area (Å²) in [5, 5.41) is 4.80. The first-order valence-electron chi connectivity index (χ1n) is 10.3. The number of fused-ring (bicyclic) bond motifs is 7. The van der Waals surface area contributed by atoms with Crippen LogP contribution in [-0.4, -0.2) is 0 Å². The molecule has 30 heavy (non-hydrogen) atoms. The minimum absolute atomic E-state index is 0.895. The average Bonchev–Trinajstić information content (AvgIpc) is 2.77. The first-order chi connectivity index (χ1) is 14.7. The third-order valence-corrected chi connectivity index (χ3v) is 6.34. The van der Waals surface area contributed by atoms with Crippen LogP contribution < -0.4 is 9.47 Å². The highest BCUT2D eigenvalue weighted by molar-refractivity contribution is 6.26. The van der Waals surface area contributed by atoms with Crippen molar-refractivity contribution in [2.24, 2.45) is 0 Å². The second kappa shape index (κ2) is 5.43. The number of ether oxygens (including phenoxy) is 2. The van der Waals surface area contributed by atoms with Crippen molar-refractivity contribution < 1.29 is 9.47 Å². The van der Waals surface area contributed by atoms with Gasteiger partial charge < -0.3 is 9.47 Å². The number of benzene rings is 5. The van der Waals surface area contributed by atoms with E-state index in [1.807, 2.05) is 12.1 Å². The molecule has 5 aromatic carbocycles. The summed E-state index contributed by atoms with van der Waals surface area (Å²) < 4.78 is 12.8. The summed E-state index contributed by atoms with van der Waals surface area (Å²) >= 11 is 0. The van der Waals surface area contributed by atoms with Crippen molar-refractivity contribution in [3.05, 3.63) is 83.9 Å². The summed E-state index contributed by atoms with van der Waals surface area (Å²) in [7, 11) is 0. The van der Waals surface area contributed by atoms with Gasteiger partial charge in [0.2, 0.25) is 0 Å². The van der Waals surface area contributed by atoms with E-state index in [4.69, 9.17) is 9.47 Å². The van der Waals surface area contributed by atoms with Crippen molar-refractivity contribution >= 4 is 21.5 Å². The molecule has 0 saturated heterocycles. The minimum Gasteiger partial charge on any atom is -0.456 e. The Balaban J connectivity index is 1.78. The second-order valence-electron chi connectivity index (χ2n) is 8.31. The molecule has 0 unspecified atom stereocenters. The Morgan fingerprint density at radius 1 is 0.500 bits per heavy atom. The molecule has 0 aliphatic carbocycles. The molecule has 0 radical (unpaired) electrons. The quantitative estimate of drug-likeness (QED) is 0.245. The highest BCUT2D eigenvalue weighted by atomic mass is 16.5. The van der Waals surface area contributed by atoms with E-state index in [0.717, 1.165) is 44.9 Å². The van der Waals surface area contributed by atoms with Crippen LogP contribution in [0.1, 0.15) is 11.1 Å². The Kier molecular flexibility index (Phi) is 2.91. The van der Waals surface area contributed by atoms with Gasteiger partial charge in [-0.1, -0.05) is 47.5 Å². The van der Waals surface area contributed by atoms with Gasteiger partial charge in [0, 0.05) is 33.0 Å². The normalized spacial score (nSPS) is 12.9. The Morgan fingerprint density at radius 2 is 0.933 bits per heavy atom. The van der Waals surface area contributed by atoms with Crippen LogP contribution in [0.3, 0.4) is 0 Å². The van der Waals surface area contributed by atoms with Crippen molar-refractivity contribution in [1.29, 1.82) is 0 Å². The van der Waals surface area contributed by atoms with Gasteiger partial charge >= 0.3 is 0 Å². The van der Waals surface area contributed by atoms with Crippen LogP contribution in [0.4, 0.5) is 0 Å². The first-order valence-corrected chi connectivity index (χ1v) is 10.3. The van der Waals surface area contributed by atoms with E-state index in [2.05, 4.69) is 74.5 Å². The van der Waals surface area contributed by atoms with Crippen molar-refractivity contribution in [1.82, 2.24) is 0 Å². The molecule has 0 N–H and O–H groups in total. The van der Waals surface area contributed by atoms with Gasteiger partial charge in [0.1, 0.15) is 23.0 Å². The minimum atomic E-state index is 0.895. The van der Waals surface area contributed by atoms with E-state index < -0.39 is 0 Å². The molecule has 2 heterocycles. The van der Waals surface area contributed by atoms with Crippen LogP contribution in [-0.2, 0) is 0 Å². The van der Waals surface area contributed by atoms with Crippen LogP contribution >= 0.6 is 0 Å². The fourth-order valence-electron chi connectivity index (χ4n) is 5.07. The van der Waals surface area contributed by atoms with Crippen LogP contribution in [0.2, 0.25) is 0 Å². The van der Waals surface area contributed by atoms with Crippen LogP contribution in [0, 0.1) is 13.8 Å². The number of rotatable bonds is 0. The summed E-state index contributed by atoms with van der Waals surface area (Å²) in [5.41, 5.74) is 7.23. The van der Waals surface area contributed by atoms with E-state index in [1.165, 1.54) is 33.0 Å². The van der Waals surface area contributed by atoms with Crippen molar-refractivity contribution in [2.45, 2.75) is 13.8 Å². The van der Waals surface area contributed by atoms with Crippen molar-refractivity contribution in [2.75, 3.05) is 0 Å². The monoisotopic (exact) mass is 386 g/mol. The lowest BCUT2D eigenvalue weighted by molar-refractivity contribution is 0.475. The molecule has 0 bridgehead atoms. The molecule has 0 fully saturated rings. The highest BCUT2D eigenvalue weighted by Crippen LogP contribution is 2.58. The van der Waals surface area contributed by atoms with Crippen LogP contribution in [0.5, 0.6) is 23.0 Å². The third-order valence-electron chi connectivity index (χ3n) is 6.34. The van der Waals surface area contributed by atoms with Crippen molar-refractivity contribution in [3.8, 4) is 45.3 Å². The van der Waals surface area contributed by atoms with Gasteiger partial charge in [0.25, 0.3) is 0 Å². The Hall–Kier alpha value is -3.78. The van der Waals surface area contributed by atoms with E-state index >= 15 is 0 Å². The zero-order valence-corrected chi connectivity index (χ0v) is 16.7. The van der Waals surface area contributed by atoms with E-state index in [9.17, 15) is 0 Å². The predicted octanol–water partition coefficient (Wildman–Crippen LogP) is 8.16. The maximum absolute atomic E-state index is 6.39. The number of aryl methyl sites for hydroxylation is 2. The lowest BCUT2D eigenvalue weighted by atomic mass is 9.82. The Bertz CT molecular complexity index is 1440. The van der Waals surface area contributed by atoms with Crippen LogP contribution in [0.15, 0.2) is 72.8 Å². The van der Waals surface area contributed by atoms with Gasteiger partial charge in [-0.25, -0.2) is 0 Å². The summed E-state index contributed by atoms with van der Waals surface area (Å²) in [6.07, 6.45) is 0. The van der Waals surface area contributed by atoms with Gasteiger partial charge in [-0.05, 0) is 61.0 Å². The van der Waals surface area contributed by atoms with Gasteiger partial charge in [0.15, 0.2) is 0 Å². The smallest absolute Gasteiger partial charge is 0.136 e. The topological polar surface area (TPSA) is 18.5 Å². The Morgan fingerprint density at radius 3 is 1.40 bits per heavy atom. The molecule has 0 atom stereocenters. The largest absolute Gasteiger partial charge is 0.456 e. The van der Waals surface area contributed by atoms with Crippen molar-refractivity contribution in [3.63, 3.8) is 0 Å². The fourth-order valence-corrected chi connectivity index (χ4v) is 5.07.